The Labute approximate surface area is 56.8 Å². The van der Waals surface area contributed by atoms with Gasteiger partial charge in [-0.2, -0.15) is 0 Å². The average molecular weight is 104 g/mol. The molecule has 2 heteroatoms. The van der Waals surface area contributed by atoms with Gasteiger partial charge in [-0.25, -0.2) is 0 Å². The van der Waals surface area contributed by atoms with Gasteiger partial charge < -0.3 is 0 Å². The Hall–Kier alpha value is 0.297. The van der Waals surface area contributed by atoms with Crippen molar-refractivity contribution in [3.05, 3.63) is 16.3 Å². The second kappa shape index (κ2) is 2.04. The van der Waals surface area contributed by atoms with Gasteiger partial charge in [0.25, 0.3) is 0 Å². The van der Waals surface area contributed by atoms with Gasteiger partial charge in [-0.15, -0.1) is 0 Å². The summed E-state index contributed by atoms with van der Waals surface area (Å²) >= 11 is 3.94. The monoisotopic (exact) mass is 104 g/mol. The normalized spacial score (nSPS) is 9.57. The number of thiophene rings is 1. The second-order valence-corrected chi connectivity index (χ2v) is 2.78. The van der Waals surface area contributed by atoms with Crippen LogP contribution in [0.4, 0.5) is 0 Å². The SMILES string of the molecule is [Li][c]1ccsc1C. The zero-order chi connectivity index (χ0) is 5.28. The minimum atomic E-state index is 1.41. The predicted octanol–water partition coefficient (Wildman–Crippen LogP) is 0.850. The summed E-state index contributed by atoms with van der Waals surface area (Å²) < 4.78 is 1.41. The summed E-state index contributed by atoms with van der Waals surface area (Å²) in [4.78, 5) is 1.43. The summed E-state index contributed by atoms with van der Waals surface area (Å²) in [7, 11) is 0. The van der Waals surface area contributed by atoms with Gasteiger partial charge in [0, 0.05) is 0 Å². The third-order valence-corrected chi connectivity index (χ3v) is 2.07. The van der Waals surface area contributed by atoms with Gasteiger partial charge in [-0.05, 0) is 0 Å². The van der Waals surface area contributed by atoms with Gasteiger partial charge in [-0.3, -0.25) is 0 Å². The van der Waals surface area contributed by atoms with E-state index in [4.69, 9.17) is 0 Å². The van der Waals surface area contributed by atoms with Gasteiger partial charge in [0.1, 0.15) is 0 Å². The van der Waals surface area contributed by atoms with Gasteiger partial charge in [0.05, 0.1) is 0 Å². The second-order valence-electron chi connectivity index (χ2n) is 1.66. The Morgan fingerprint density at radius 1 is 1.71 bits per heavy atom. The topological polar surface area (TPSA) is 0 Å². The van der Waals surface area contributed by atoms with Gasteiger partial charge >= 0.3 is 56.5 Å². The molecule has 1 aromatic heterocycles. The molecule has 0 atom stereocenters. The van der Waals surface area contributed by atoms with Gasteiger partial charge in [0.15, 0.2) is 0 Å². The van der Waals surface area contributed by atoms with Crippen molar-refractivity contribution in [2.24, 2.45) is 0 Å². The molecule has 7 heavy (non-hydrogen) atoms. The average Bonchev–Trinajstić information content (AvgIpc) is 1.91. The fraction of sp³-hybridized carbons (Fsp3) is 0.200. The van der Waals surface area contributed by atoms with Crippen LogP contribution in [0.1, 0.15) is 4.88 Å². The molecule has 1 aromatic rings. The molecule has 0 aromatic carbocycles. The third kappa shape index (κ3) is 1.10. The van der Waals surface area contributed by atoms with Crippen LogP contribution >= 0.6 is 11.3 Å². The molecule has 0 radical (unpaired) electrons. The van der Waals surface area contributed by atoms with Crippen LogP contribution in [-0.2, 0) is 0 Å². The molecule has 0 aliphatic carbocycles. The first kappa shape index (κ1) is 5.43. The summed E-state index contributed by atoms with van der Waals surface area (Å²) in [6.07, 6.45) is 0. The summed E-state index contributed by atoms with van der Waals surface area (Å²) in [5.74, 6) is 0. The van der Waals surface area contributed by atoms with Crippen molar-refractivity contribution < 1.29 is 0 Å². The molecular weight excluding hydrogens is 99.1 g/mol. The van der Waals surface area contributed by atoms with Crippen LogP contribution in [-0.4, -0.2) is 17.7 Å². The Morgan fingerprint density at radius 3 is 2.57 bits per heavy atom. The van der Waals surface area contributed by atoms with Crippen molar-refractivity contribution in [1.29, 1.82) is 0 Å². The first-order valence-corrected chi connectivity index (χ1v) is 3.19. The standard InChI is InChI=1S/C5H5S.Li/c1-5-3-2-4-6-5;/h2,4H,1H3;. The minimum absolute atomic E-state index is 1.41. The number of hydrogen-bond donors (Lipinski definition) is 0. The van der Waals surface area contributed by atoms with Crippen molar-refractivity contribution in [2.75, 3.05) is 0 Å². The van der Waals surface area contributed by atoms with Crippen molar-refractivity contribution in [1.82, 2.24) is 0 Å². The van der Waals surface area contributed by atoms with Crippen LogP contribution in [0.5, 0.6) is 0 Å². The molecule has 0 amide bonds. The van der Waals surface area contributed by atoms with E-state index in [0.29, 0.717) is 0 Å². The molecule has 0 saturated heterocycles. The molecule has 0 spiro atoms. The molecule has 1 rings (SSSR count). The maximum absolute atomic E-state index is 2.14. The molecule has 0 unspecified atom stereocenters. The third-order valence-electron chi connectivity index (χ3n) is 1.12. The van der Waals surface area contributed by atoms with Crippen molar-refractivity contribution >= 4 is 33.3 Å². The number of hydrogen-bond acceptors (Lipinski definition) is 1. The molecule has 0 fully saturated rings. The Kier molecular flexibility index (Phi) is 1.59. The van der Waals surface area contributed by atoms with E-state index in [1.54, 1.807) is 11.3 Å². The van der Waals surface area contributed by atoms with Crippen molar-refractivity contribution in [2.45, 2.75) is 6.92 Å². The molecule has 0 N–H and O–H groups in total. The molecule has 0 bridgehead atoms. The maximum atomic E-state index is 2.14. The molecular formula is C5H5LiS. The number of rotatable bonds is 0. The summed E-state index contributed by atoms with van der Waals surface area (Å²) in [6, 6.07) is 2.14. The van der Waals surface area contributed by atoms with Crippen LogP contribution in [0.2, 0.25) is 0 Å². The Morgan fingerprint density at radius 2 is 2.43 bits per heavy atom. The molecule has 32 valence electrons. The van der Waals surface area contributed by atoms with E-state index in [0.717, 1.165) is 0 Å². The molecule has 0 aliphatic heterocycles. The number of aryl methyl sites for hydroxylation is 1. The summed E-state index contributed by atoms with van der Waals surface area (Å²) in [6.45, 7) is 2.14. The quantitative estimate of drug-likeness (QED) is 0.428. The van der Waals surface area contributed by atoms with E-state index < -0.39 is 0 Å². The van der Waals surface area contributed by atoms with E-state index in [1.165, 1.54) is 9.11 Å². The van der Waals surface area contributed by atoms with Crippen molar-refractivity contribution in [3.8, 4) is 0 Å². The van der Waals surface area contributed by atoms with Crippen LogP contribution in [0.3, 0.4) is 0 Å². The fourth-order valence-electron chi connectivity index (χ4n) is 0.448. The predicted molar refractivity (Wildman–Crippen MR) is 34.4 cm³/mol. The first-order valence-electron chi connectivity index (χ1n) is 2.31. The summed E-state index contributed by atoms with van der Waals surface area (Å²) in [5, 5.41) is 2.12. The van der Waals surface area contributed by atoms with Crippen LogP contribution < -0.4 is 4.24 Å². The Bertz CT molecular complexity index is 140. The van der Waals surface area contributed by atoms with Gasteiger partial charge in [-0.1, -0.05) is 0 Å². The first-order chi connectivity index (χ1) is 3.30. The van der Waals surface area contributed by atoms with E-state index in [9.17, 15) is 0 Å². The van der Waals surface area contributed by atoms with Crippen LogP contribution in [0, 0.1) is 6.92 Å². The fourth-order valence-corrected chi connectivity index (χ4v) is 1.18. The molecule has 1 heterocycles. The molecule has 0 aliphatic rings. The zero-order valence-electron chi connectivity index (χ0n) is 4.56. The van der Waals surface area contributed by atoms with Crippen molar-refractivity contribution in [3.63, 3.8) is 0 Å². The van der Waals surface area contributed by atoms with Gasteiger partial charge in [0.2, 0.25) is 0 Å². The molecule has 0 nitrogen and oxygen atoms in total. The Balaban J connectivity index is 3.12. The molecule has 0 saturated carbocycles. The summed E-state index contributed by atoms with van der Waals surface area (Å²) in [5.41, 5.74) is 0. The van der Waals surface area contributed by atoms with E-state index >= 15 is 0 Å². The van der Waals surface area contributed by atoms with Crippen LogP contribution in [0.15, 0.2) is 11.4 Å². The van der Waals surface area contributed by atoms with E-state index in [2.05, 4.69) is 36.1 Å². The van der Waals surface area contributed by atoms with E-state index in [1.807, 2.05) is 0 Å². The zero-order valence-corrected chi connectivity index (χ0v) is 5.38. The van der Waals surface area contributed by atoms with Crippen LogP contribution in [0.25, 0.3) is 0 Å². The van der Waals surface area contributed by atoms with E-state index in [-0.39, 0.29) is 0 Å².